The fraction of sp³-hybridized carbons (Fsp3) is 0.316. The molecule has 1 amide bonds. The zero-order chi connectivity index (χ0) is 19.8. The molecule has 2 N–H and O–H groups in total. The molecule has 0 fully saturated rings. The molecule has 3 aromatic rings. The lowest BCUT2D eigenvalue weighted by Gasteiger charge is -2.22. The van der Waals surface area contributed by atoms with Gasteiger partial charge in [-0.1, -0.05) is 0 Å². The summed E-state index contributed by atoms with van der Waals surface area (Å²) < 4.78 is 35.2. The lowest BCUT2D eigenvalue weighted by Crippen LogP contribution is -2.44. The first-order valence-corrected chi connectivity index (χ1v) is 8.90. The molecule has 3 heterocycles. The summed E-state index contributed by atoms with van der Waals surface area (Å²) in [6.07, 6.45) is 1.68. The molecule has 7 nitrogen and oxygen atoms in total. The number of nitrogens with zero attached hydrogens (tertiary/aromatic N) is 3. The molecule has 1 unspecified atom stereocenters. The number of halogens is 2. The molecular formula is C19H19F2N5O2. The predicted molar refractivity (Wildman–Crippen MR) is 98.7 cm³/mol. The van der Waals surface area contributed by atoms with E-state index in [0.717, 1.165) is 0 Å². The normalized spacial score (nSPS) is 20.8. The van der Waals surface area contributed by atoms with Crippen molar-refractivity contribution in [2.75, 3.05) is 11.9 Å². The maximum absolute atomic E-state index is 14.1. The third-order valence-corrected chi connectivity index (χ3v) is 4.71. The van der Waals surface area contributed by atoms with Gasteiger partial charge in [-0.2, -0.15) is 5.10 Å². The third kappa shape index (κ3) is 3.35. The number of amides is 1. The molecule has 0 aliphatic carbocycles. The molecule has 0 spiro atoms. The maximum Gasteiger partial charge on any atom is 0.257 e. The van der Waals surface area contributed by atoms with Crippen LogP contribution in [0.3, 0.4) is 0 Å². The molecule has 1 aromatic carbocycles. The number of anilines is 1. The number of nitrogens with one attached hydrogen (secondary N) is 2. The molecule has 146 valence electrons. The van der Waals surface area contributed by atoms with E-state index < -0.39 is 23.9 Å². The van der Waals surface area contributed by atoms with Crippen molar-refractivity contribution in [3.05, 3.63) is 53.6 Å². The molecule has 1 aliphatic rings. The van der Waals surface area contributed by atoms with Crippen LogP contribution in [0.15, 0.2) is 36.7 Å². The van der Waals surface area contributed by atoms with E-state index >= 15 is 0 Å². The van der Waals surface area contributed by atoms with Crippen LogP contribution in [0.5, 0.6) is 5.75 Å². The summed E-state index contributed by atoms with van der Waals surface area (Å²) in [7, 11) is 0. The van der Waals surface area contributed by atoms with Gasteiger partial charge in [0.05, 0.1) is 18.3 Å². The Kier molecular flexibility index (Phi) is 4.58. The fourth-order valence-corrected chi connectivity index (χ4v) is 3.11. The molecule has 0 radical (unpaired) electrons. The van der Waals surface area contributed by atoms with Gasteiger partial charge in [0.2, 0.25) is 0 Å². The van der Waals surface area contributed by atoms with Crippen molar-refractivity contribution in [1.29, 1.82) is 0 Å². The molecule has 0 saturated carbocycles. The molecular weight excluding hydrogens is 368 g/mol. The van der Waals surface area contributed by atoms with E-state index in [9.17, 15) is 13.6 Å². The molecule has 0 saturated heterocycles. The number of benzene rings is 1. The minimum Gasteiger partial charge on any atom is -0.491 e. The van der Waals surface area contributed by atoms with Crippen molar-refractivity contribution in [2.24, 2.45) is 0 Å². The second kappa shape index (κ2) is 7.06. The summed E-state index contributed by atoms with van der Waals surface area (Å²) >= 11 is 0. The van der Waals surface area contributed by atoms with Crippen LogP contribution in [-0.2, 0) is 0 Å². The first-order chi connectivity index (χ1) is 13.4. The maximum atomic E-state index is 14.1. The zero-order valence-corrected chi connectivity index (χ0v) is 15.3. The lowest BCUT2D eigenvalue weighted by atomic mass is 10.1. The van der Waals surface area contributed by atoms with Crippen LogP contribution >= 0.6 is 0 Å². The summed E-state index contributed by atoms with van der Waals surface area (Å²) in [6, 6.07) is 4.59. The van der Waals surface area contributed by atoms with Crippen LogP contribution in [0, 0.1) is 5.82 Å². The van der Waals surface area contributed by atoms with E-state index in [4.69, 9.17) is 4.74 Å². The van der Waals surface area contributed by atoms with E-state index in [1.807, 2.05) is 6.92 Å². The number of carbonyl (C=O) groups excluding carboxylic acids is 1. The molecule has 28 heavy (non-hydrogen) atoms. The highest BCUT2D eigenvalue weighted by atomic mass is 19.1. The zero-order valence-electron chi connectivity index (χ0n) is 15.3. The Bertz CT molecular complexity index is 1040. The Morgan fingerprint density at radius 1 is 1.32 bits per heavy atom. The number of fused-ring (bicyclic) bond motifs is 2. The van der Waals surface area contributed by atoms with Crippen LogP contribution in [0.2, 0.25) is 0 Å². The van der Waals surface area contributed by atoms with Gasteiger partial charge in [0.25, 0.3) is 5.91 Å². The second-order valence-corrected chi connectivity index (χ2v) is 6.76. The average molecular weight is 387 g/mol. The van der Waals surface area contributed by atoms with Crippen LogP contribution in [0.4, 0.5) is 14.6 Å². The van der Waals surface area contributed by atoms with Crippen LogP contribution in [-0.4, -0.2) is 39.3 Å². The Morgan fingerprint density at radius 3 is 2.93 bits per heavy atom. The van der Waals surface area contributed by atoms with Crippen molar-refractivity contribution in [2.45, 2.75) is 32.1 Å². The van der Waals surface area contributed by atoms with Crippen LogP contribution < -0.4 is 15.4 Å². The minimum absolute atomic E-state index is 0.107. The number of carbonyl (C=O) groups is 1. The van der Waals surface area contributed by atoms with Gasteiger partial charge >= 0.3 is 0 Å². The van der Waals surface area contributed by atoms with E-state index in [1.54, 1.807) is 12.3 Å². The predicted octanol–water partition coefficient (Wildman–Crippen LogP) is 2.89. The summed E-state index contributed by atoms with van der Waals surface area (Å²) in [5.41, 5.74) is 1.12. The van der Waals surface area contributed by atoms with Crippen molar-refractivity contribution in [3.63, 3.8) is 0 Å². The molecule has 4 rings (SSSR count). The Hall–Kier alpha value is -3.23. The molecule has 2 aromatic heterocycles. The van der Waals surface area contributed by atoms with E-state index in [0.29, 0.717) is 22.8 Å². The Labute approximate surface area is 159 Å². The fourth-order valence-electron chi connectivity index (χ4n) is 3.11. The molecule has 9 heteroatoms. The average Bonchev–Trinajstić information content (AvgIpc) is 3.08. The lowest BCUT2D eigenvalue weighted by molar-refractivity contribution is 0.0884. The summed E-state index contributed by atoms with van der Waals surface area (Å²) in [5.74, 6) is -0.0149. The molecule has 2 bridgehead atoms. The highest BCUT2D eigenvalue weighted by molar-refractivity contribution is 6.00. The van der Waals surface area contributed by atoms with Gasteiger partial charge in [-0.3, -0.25) is 4.79 Å². The van der Waals surface area contributed by atoms with E-state index in [1.165, 1.54) is 35.8 Å². The van der Waals surface area contributed by atoms with Gasteiger partial charge in [0, 0.05) is 11.8 Å². The number of hydrogen-bond donors (Lipinski definition) is 2. The van der Waals surface area contributed by atoms with Gasteiger partial charge in [-0.05, 0) is 38.1 Å². The molecule has 3 atom stereocenters. The van der Waals surface area contributed by atoms with Gasteiger partial charge in [-0.15, -0.1) is 0 Å². The summed E-state index contributed by atoms with van der Waals surface area (Å²) in [6.45, 7) is 3.07. The van der Waals surface area contributed by atoms with Crippen molar-refractivity contribution < 1.29 is 18.3 Å². The van der Waals surface area contributed by atoms with Crippen molar-refractivity contribution in [1.82, 2.24) is 19.9 Å². The summed E-state index contributed by atoms with van der Waals surface area (Å²) in [5, 5.41) is 9.93. The highest BCUT2D eigenvalue weighted by Crippen LogP contribution is 2.29. The van der Waals surface area contributed by atoms with Gasteiger partial charge < -0.3 is 15.4 Å². The minimum atomic E-state index is -1.36. The van der Waals surface area contributed by atoms with Gasteiger partial charge in [0.1, 0.15) is 35.7 Å². The summed E-state index contributed by atoms with van der Waals surface area (Å²) in [4.78, 5) is 17.1. The topological polar surface area (TPSA) is 80.6 Å². The first kappa shape index (κ1) is 18.1. The highest BCUT2D eigenvalue weighted by Gasteiger charge is 2.25. The SMILES string of the molecule is CC(F)[C@H]1COc2ccc(F)cc2[C@@H](C)Nc2ccn3ncc(c3n2)C(=O)N1. The monoisotopic (exact) mass is 387 g/mol. The number of hydrogen-bond acceptors (Lipinski definition) is 5. The smallest absolute Gasteiger partial charge is 0.257 e. The Balaban J connectivity index is 1.83. The van der Waals surface area contributed by atoms with E-state index in [-0.39, 0.29) is 18.2 Å². The third-order valence-electron chi connectivity index (χ3n) is 4.71. The van der Waals surface area contributed by atoms with E-state index in [2.05, 4.69) is 20.7 Å². The number of aromatic nitrogens is 3. The largest absolute Gasteiger partial charge is 0.491 e. The van der Waals surface area contributed by atoms with Gasteiger partial charge in [-0.25, -0.2) is 18.3 Å². The number of ether oxygens (including phenoxy) is 1. The number of alkyl halides is 1. The number of rotatable bonds is 1. The standard InChI is InChI=1S/C19H19F2N5O2/c1-10(20)15-9-28-16-4-3-12(21)7-13(16)11(2)23-17-5-6-26-18(25-17)14(8-22-26)19(27)24-15/h3-8,10-11,15H,9H2,1-2H3,(H,23,25)(H,24,27)/t10?,11-,15-/m1/s1. The van der Waals surface area contributed by atoms with Crippen molar-refractivity contribution in [3.8, 4) is 5.75 Å². The second-order valence-electron chi connectivity index (χ2n) is 6.76. The van der Waals surface area contributed by atoms with Crippen molar-refractivity contribution >= 4 is 17.4 Å². The Morgan fingerprint density at radius 2 is 2.14 bits per heavy atom. The quantitative estimate of drug-likeness (QED) is 0.671. The van der Waals surface area contributed by atoms with Gasteiger partial charge in [0.15, 0.2) is 5.65 Å². The molecule has 1 aliphatic heterocycles. The van der Waals surface area contributed by atoms with Crippen LogP contribution in [0.25, 0.3) is 5.65 Å². The first-order valence-electron chi connectivity index (χ1n) is 8.90. The van der Waals surface area contributed by atoms with Crippen LogP contribution in [0.1, 0.15) is 35.8 Å².